The molecule has 1 saturated heterocycles. The van der Waals surface area contributed by atoms with E-state index in [0.29, 0.717) is 16.3 Å². The molecule has 1 aromatic carbocycles. The van der Waals surface area contributed by atoms with E-state index in [4.69, 9.17) is 16.3 Å². The van der Waals surface area contributed by atoms with E-state index in [0.717, 1.165) is 62.3 Å². The third kappa shape index (κ3) is 5.27. The van der Waals surface area contributed by atoms with Crippen LogP contribution in [0, 0.1) is 6.92 Å². The van der Waals surface area contributed by atoms with Crippen LogP contribution in [-0.2, 0) is 11.8 Å². The van der Waals surface area contributed by atoms with Crippen molar-refractivity contribution in [1.82, 2.24) is 19.4 Å². The summed E-state index contributed by atoms with van der Waals surface area (Å²) < 4.78 is 7.32. The van der Waals surface area contributed by atoms with Gasteiger partial charge in [-0.2, -0.15) is 0 Å². The zero-order chi connectivity index (χ0) is 22.5. The average Bonchev–Trinajstić information content (AvgIpc) is 3.14. The number of anilines is 2. The van der Waals surface area contributed by atoms with Crippen LogP contribution in [0.5, 0.6) is 0 Å². The molecular formula is C23H27ClN6O2. The Labute approximate surface area is 192 Å². The lowest BCUT2D eigenvalue weighted by atomic mass is 10.1. The van der Waals surface area contributed by atoms with Crippen molar-refractivity contribution in [2.75, 3.05) is 50.0 Å². The second-order valence-corrected chi connectivity index (χ2v) is 8.15. The van der Waals surface area contributed by atoms with Gasteiger partial charge in [0.05, 0.1) is 23.8 Å². The number of aromatic nitrogens is 3. The van der Waals surface area contributed by atoms with Crippen molar-refractivity contribution >= 4 is 29.0 Å². The normalized spacial score (nSPS) is 14.3. The van der Waals surface area contributed by atoms with Crippen molar-refractivity contribution in [2.45, 2.75) is 6.92 Å². The van der Waals surface area contributed by atoms with E-state index in [1.807, 2.05) is 30.7 Å². The maximum atomic E-state index is 12.7. The molecule has 0 atom stereocenters. The smallest absolute Gasteiger partial charge is 0.257 e. The molecule has 0 bridgehead atoms. The van der Waals surface area contributed by atoms with Crippen LogP contribution in [0.1, 0.15) is 16.1 Å². The summed E-state index contributed by atoms with van der Waals surface area (Å²) in [6.07, 6.45) is 3.37. The molecule has 2 N–H and O–H groups in total. The number of aryl methyl sites for hydroxylation is 1. The fraction of sp³-hybridized carbons (Fsp3) is 0.348. The molecule has 168 valence electrons. The molecule has 1 aliphatic heterocycles. The molecule has 32 heavy (non-hydrogen) atoms. The van der Waals surface area contributed by atoms with Crippen molar-refractivity contribution in [2.24, 2.45) is 7.05 Å². The largest absolute Gasteiger partial charge is 0.379 e. The van der Waals surface area contributed by atoms with E-state index < -0.39 is 0 Å². The number of hydrogen-bond acceptors (Lipinski definition) is 6. The van der Waals surface area contributed by atoms with E-state index >= 15 is 0 Å². The van der Waals surface area contributed by atoms with Crippen molar-refractivity contribution in [3.8, 4) is 11.4 Å². The monoisotopic (exact) mass is 454 g/mol. The van der Waals surface area contributed by atoms with Crippen LogP contribution < -0.4 is 10.6 Å². The summed E-state index contributed by atoms with van der Waals surface area (Å²) in [7, 11) is 1.93. The molecule has 8 nitrogen and oxygen atoms in total. The molecule has 1 amide bonds. The third-order valence-corrected chi connectivity index (χ3v) is 5.88. The predicted octanol–water partition coefficient (Wildman–Crippen LogP) is 3.44. The zero-order valence-corrected chi connectivity index (χ0v) is 19.0. The standard InChI is InChI=1S/C23H27ClN6O2/c1-16-14-27-22(29(16)2)19-13-18(4-5-20(19)24)28-23(31)17-3-6-21(26-15-17)25-7-8-30-9-11-32-12-10-30/h3-6,13-15H,7-12H2,1-2H3,(H,25,26)(H,28,31). The Morgan fingerprint density at radius 2 is 1.97 bits per heavy atom. The first kappa shape index (κ1) is 22.3. The lowest BCUT2D eigenvalue weighted by Gasteiger charge is -2.26. The van der Waals surface area contributed by atoms with Crippen LogP contribution in [0.25, 0.3) is 11.4 Å². The van der Waals surface area contributed by atoms with Crippen LogP contribution in [0.2, 0.25) is 5.02 Å². The van der Waals surface area contributed by atoms with Gasteiger partial charge in [-0.25, -0.2) is 9.97 Å². The lowest BCUT2D eigenvalue weighted by Crippen LogP contribution is -2.39. The number of ether oxygens (including phenoxy) is 1. The second-order valence-electron chi connectivity index (χ2n) is 7.74. The molecular weight excluding hydrogens is 428 g/mol. The van der Waals surface area contributed by atoms with Crippen LogP contribution in [-0.4, -0.2) is 64.7 Å². The number of amides is 1. The van der Waals surface area contributed by atoms with Crippen LogP contribution >= 0.6 is 11.6 Å². The van der Waals surface area contributed by atoms with E-state index in [1.54, 1.807) is 30.6 Å². The summed E-state index contributed by atoms with van der Waals surface area (Å²) >= 11 is 6.38. The van der Waals surface area contributed by atoms with Crippen LogP contribution in [0.15, 0.2) is 42.7 Å². The first-order chi connectivity index (χ1) is 15.5. The number of pyridine rings is 1. The van der Waals surface area contributed by atoms with Gasteiger partial charge in [0.2, 0.25) is 0 Å². The Hall–Kier alpha value is -2.94. The highest BCUT2D eigenvalue weighted by Gasteiger charge is 2.14. The van der Waals surface area contributed by atoms with Crippen molar-refractivity contribution in [1.29, 1.82) is 0 Å². The Balaban J connectivity index is 1.36. The van der Waals surface area contributed by atoms with Gasteiger partial charge in [0, 0.05) is 62.6 Å². The van der Waals surface area contributed by atoms with Gasteiger partial charge >= 0.3 is 0 Å². The molecule has 0 radical (unpaired) electrons. The second kappa shape index (κ2) is 10.1. The Morgan fingerprint density at radius 1 is 1.16 bits per heavy atom. The molecule has 3 heterocycles. The first-order valence-electron chi connectivity index (χ1n) is 10.6. The molecule has 0 spiro atoms. The Morgan fingerprint density at radius 3 is 2.66 bits per heavy atom. The maximum absolute atomic E-state index is 12.7. The topological polar surface area (TPSA) is 84.3 Å². The highest BCUT2D eigenvalue weighted by molar-refractivity contribution is 6.33. The third-order valence-electron chi connectivity index (χ3n) is 5.55. The average molecular weight is 455 g/mol. The minimum absolute atomic E-state index is 0.235. The zero-order valence-electron chi connectivity index (χ0n) is 18.3. The number of morpholine rings is 1. The summed E-state index contributed by atoms with van der Waals surface area (Å²) in [5.41, 5.74) is 2.91. The van der Waals surface area contributed by atoms with E-state index in [-0.39, 0.29) is 5.91 Å². The highest BCUT2D eigenvalue weighted by atomic mass is 35.5. The SMILES string of the molecule is Cc1cnc(-c2cc(NC(=O)c3ccc(NCCN4CCOCC4)nc3)ccc2Cl)n1C. The number of hydrogen-bond donors (Lipinski definition) is 2. The molecule has 1 aliphatic rings. The fourth-order valence-electron chi connectivity index (χ4n) is 3.52. The van der Waals surface area contributed by atoms with E-state index in [1.165, 1.54) is 0 Å². The van der Waals surface area contributed by atoms with Gasteiger partial charge in [-0.1, -0.05) is 11.6 Å². The van der Waals surface area contributed by atoms with Crippen LogP contribution in [0.3, 0.4) is 0 Å². The summed E-state index contributed by atoms with van der Waals surface area (Å²) in [6, 6.07) is 8.94. The minimum Gasteiger partial charge on any atom is -0.379 e. The molecule has 2 aromatic heterocycles. The van der Waals surface area contributed by atoms with Gasteiger partial charge in [-0.3, -0.25) is 9.69 Å². The van der Waals surface area contributed by atoms with Gasteiger partial charge in [0.25, 0.3) is 5.91 Å². The van der Waals surface area contributed by atoms with Crippen molar-refractivity contribution < 1.29 is 9.53 Å². The number of benzene rings is 1. The molecule has 4 rings (SSSR count). The quantitative estimate of drug-likeness (QED) is 0.569. The fourth-order valence-corrected chi connectivity index (χ4v) is 3.72. The number of nitrogens with one attached hydrogen (secondary N) is 2. The number of imidazole rings is 1. The number of nitrogens with zero attached hydrogens (tertiary/aromatic N) is 4. The highest BCUT2D eigenvalue weighted by Crippen LogP contribution is 2.30. The first-order valence-corrected chi connectivity index (χ1v) is 11.0. The molecule has 9 heteroatoms. The van der Waals surface area contributed by atoms with E-state index in [9.17, 15) is 4.79 Å². The summed E-state index contributed by atoms with van der Waals surface area (Å²) in [4.78, 5) is 23.9. The molecule has 3 aromatic rings. The maximum Gasteiger partial charge on any atom is 0.257 e. The van der Waals surface area contributed by atoms with Gasteiger partial charge in [0.15, 0.2) is 0 Å². The molecule has 0 aliphatic carbocycles. The van der Waals surface area contributed by atoms with Crippen LogP contribution in [0.4, 0.5) is 11.5 Å². The number of carbonyl (C=O) groups is 1. The summed E-state index contributed by atoms with van der Waals surface area (Å²) in [6.45, 7) is 7.20. The van der Waals surface area contributed by atoms with E-state index in [2.05, 4.69) is 25.5 Å². The van der Waals surface area contributed by atoms with Crippen molar-refractivity contribution in [3.63, 3.8) is 0 Å². The van der Waals surface area contributed by atoms with Crippen molar-refractivity contribution in [3.05, 3.63) is 59.0 Å². The van der Waals surface area contributed by atoms with Gasteiger partial charge in [-0.15, -0.1) is 0 Å². The Kier molecular flexibility index (Phi) is 7.04. The molecule has 0 saturated carbocycles. The summed E-state index contributed by atoms with van der Waals surface area (Å²) in [5.74, 6) is 1.26. The van der Waals surface area contributed by atoms with Gasteiger partial charge < -0.3 is 19.9 Å². The predicted molar refractivity (Wildman–Crippen MR) is 126 cm³/mol. The summed E-state index contributed by atoms with van der Waals surface area (Å²) in [5, 5.41) is 6.79. The lowest BCUT2D eigenvalue weighted by molar-refractivity contribution is 0.0398. The molecule has 0 unspecified atom stereocenters. The Bertz CT molecular complexity index is 1080. The number of rotatable bonds is 7. The molecule has 1 fully saturated rings. The minimum atomic E-state index is -0.235. The van der Waals surface area contributed by atoms with Gasteiger partial charge in [-0.05, 0) is 37.3 Å². The number of halogens is 1. The number of carbonyl (C=O) groups excluding carboxylic acids is 1. The van der Waals surface area contributed by atoms with Gasteiger partial charge in [0.1, 0.15) is 11.6 Å².